The van der Waals surface area contributed by atoms with Crippen LogP contribution in [0.25, 0.3) is 0 Å². The predicted octanol–water partition coefficient (Wildman–Crippen LogP) is 3.99. The zero-order valence-electron chi connectivity index (χ0n) is 11.8. The van der Waals surface area contributed by atoms with E-state index < -0.39 is 0 Å². The Bertz CT molecular complexity index is 317. The lowest BCUT2D eigenvalue weighted by Gasteiger charge is -2.14. The van der Waals surface area contributed by atoms with Crippen LogP contribution in [0.1, 0.15) is 51.2 Å². The number of benzene rings is 1. The van der Waals surface area contributed by atoms with Crippen molar-refractivity contribution in [2.75, 3.05) is 13.1 Å². The van der Waals surface area contributed by atoms with Gasteiger partial charge in [-0.1, -0.05) is 52.0 Å². The molecule has 0 bridgehead atoms. The third kappa shape index (κ3) is 5.36. The number of hydrogen-bond acceptors (Lipinski definition) is 1. The first-order valence-corrected chi connectivity index (χ1v) is 6.93. The van der Waals surface area contributed by atoms with Gasteiger partial charge in [0, 0.05) is 0 Å². The van der Waals surface area contributed by atoms with Crippen molar-refractivity contribution in [1.29, 1.82) is 0 Å². The monoisotopic (exact) mass is 233 g/mol. The highest BCUT2D eigenvalue weighted by atomic mass is 14.8. The van der Waals surface area contributed by atoms with Crippen LogP contribution in [0.3, 0.4) is 0 Å². The summed E-state index contributed by atoms with van der Waals surface area (Å²) in [6.45, 7) is 11.3. The smallest absolute Gasteiger partial charge is 0.00258 e. The van der Waals surface area contributed by atoms with Gasteiger partial charge >= 0.3 is 0 Å². The molecule has 0 aromatic heterocycles. The molecule has 1 heteroatoms. The Morgan fingerprint density at radius 1 is 1.18 bits per heavy atom. The summed E-state index contributed by atoms with van der Waals surface area (Å²) < 4.78 is 0. The second-order valence-electron chi connectivity index (χ2n) is 5.39. The van der Waals surface area contributed by atoms with Gasteiger partial charge in [0.05, 0.1) is 0 Å². The van der Waals surface area contributed by atoms with Gasteiger partial charge in [0.2, 0.25) is 0 Å². The van der Waals surface area contributed by atoms with E-state index in [1.165, 1.54) is 17.5 Å². The highest BCUT2D eigenvalue weighted by Gasteiger charge is 2.05. The Morgan fingerprint density at radius 3 is 2.59 bits per heavy atom. The van der Waals surface area contributed by atoms with Gasteiger partial charge in [-0.15, -0.1) is 0 Å². The largest absolute Gasteiger partial charge is 0.316 e. The van der Waals surface area contributed by atoms with Crippen molar-refractivity contribution in [3.63, 3.8) is 0 Å². The normalized spacial score (nSPS) is 13.0. The Kier molecular flexibility index (Phi) is 6.28. The van der Waals surface area contributed by atoms with Crippen LogP contribution in [-0.4, -0.2) is 13.1 Å². The molecule has 1 aromatic carbocycles. The van der Waals surface area contributed by atoms with Crippen molar-refractivity contribution in [3.05, 3.63) is 35.4 Å². The van der Waals surface area contributed by atoms with Crippen LogP contribution in [-0.2, 0) is 6.42 Å². The maximum atomic E-state index is 3.51. The summed E-state index contributed by atoms with van der Waals surface area (Å²) in [7, 11) is 0. The fourth-order valence-corrected chi connectivity index (χ4v) is 2.00. The van der Waals surface area contributed by atoms with Gasteiger partial charge in [-0.2, -0.15) is 0 Å². The van der Waals surface area contributed by atoms with E-state index in [0.29, 0.717) is 5.92 Å². The number of nitrogens with one attached hydrogen (secondary N) is 1. The minimum atomic E-state index is 0.654. The van der Waals surface area contributed by atoms with Crippen LogP contribution in [0.15, 0.2) is 24.3 Å². The topological polar surface area (TPSA) is 12.0 Å². The molecule has 96 valence electrons. The predicted molar refractivity (Wildman–Crippen MR) is 76.6 cm³/mol. The van der Waals surface area contributed by atoms with E-state index in [0.717, 1.165) is 25.4 Å². The fraction of sp³-hybridized carbons (Fsp3) is 0.625. The lowest BCUT2D eigenvalue weighted by Crippen LogP contribution is -2.21. The van der Waals surface area contributed by atoms with Gasteiger partial charge in [-0.25, -0.2) is 0 Å². The number of hydrogen-bond donors (Lipinski definition) is 1. The fourth-order valence-electron chi connectivity index (χ4n) is 2.00. The van der Waals surface area contributed by atoms with Gasteiger partial charge in [0.15, 0.2) is 0 Å². The molecular weight excluding hydrogens is 206 g/mol. The molecule has 1 nitrogen and oxygen atoms in total. The molecule has 0 heterocycles. The summed E-state index contributed by atoms with van der Waals surface area (Å²) in [6.07, 6.45) is 2.35. The molecule has 0 aliphatic carbocycles. The maximum absolute atomic E-state index is 3.51. The van der Waals surface area contributed by atoms with Crippen molar-refractivity contribution in [2.24, 2.45) is 5.92 Å². The van der Waals surface area contributed by atoms with Crippen molar-refractivity contribution in [3.8, 4) is 0 Å². The Morgan fingerprint density at radius 2 is 1.94 bits per heavy atom. The third-order valence-corrected chi connectivity index (χ3v) is 3.24. The van der Waals surface area contributed by atoms with E-state index >= 15 is 0 Å². The molecule has 0 aliphatic heterocycles. The van der Waals surface area contributed by atoms with E-state index in [9.17, 15) is 0 Å². The average Bonchev–Trinajstić information content (AvgIpc) is 2.34. The average molecular weight is 233 g/mol. The van der Waals surface area contributed by atoms with Gasteiger partial charge in [0.1, 0.15) is 0 Å². The van der Waals surface area contributed by atoms with Crippen molar-refractivity contribution in [2.45, 2.75) is 46.5 Å². The Balaban J connectivity index is 2.38. The molecule has 0 aliphatic rings. The van der Waals surface area contributed by atoms with E-state index in [4.69, 9.17) is 0 Å². The summed E-state index contributed by atoms with van der Waals surface area (Å²) in [5.41, 5.74) is 2.93. The standard InChI is InChI=1S/C16H27N/c1-5-15-7-6-8-16(11-15)14(4)9-10-17-12-13(2)3/h6-8,11,13-14,17H,5,9-10,12H2,1-4H3. The van der Waals surface area contributed by atoms with Gasteiger partial charge in [-0.05, 0) is 48.9 Å². The van der Waals surface area contributed by atoms with Crippen LogP contribution in [0, 0.1) is 5.92 Å². The quantitative estimate of drug-likeness (QED) is 0.702. The summed E-state index contributed by atoms with van der Waals surface area (Å²) in [4.78, 5) is 0. The van der Waals surface area contributed by atoms with Gasteiger partial charge in [0.25, 0.3) is 0 Å². The summed E-state index contributed by atoms with van der Waals surface area (Å²) in [5, 5.41) is 3.51. The highest BCUT2D eigenvalue weighted by molar-refractivity contribution is 5.26. The lowest BCUT2D eigenvalue weighted by molar-refractivity contribution is 0.525. The molecule has 17 heavy (non-hydrogen) atoms. The summed E-state index contributed by atoms with van der Waals surface area (Å²) in [5.74, 6) is 1.40. The van der Waals surface area contributed by atoms with E-state index in [1.54, 1.807) is 0 Å². The zero-order valence-corrected chi connectivity index (χ0v) is 11.8. The van der Waals surface area contributed by atoms with Crippen LogP contribution >= 0.6 is 0 Å². The summed E-state index contributed by atoms with van der Waals surface area (Å²) >= 11 is 0. The molecule has 1 atom stereocenters. The molecule has 1 rings (SSSR count). The van der Waals surface area contributed by atoms with Gasteiger partial charge < -0.3 is 5.32 Å². The molecule has 0 saturated carbocycles. The minimum absolute atomic E-state index is 0.654. The second-order valence-corrected chi connectivity index (χ2v) is 5.39. The van der Waals surface area contributed by atoms with Crippen LogP contribution in [0.4, 0.5) is 0 Å². The zero-order chi connectivity index (χ0) is 12.7. The molecular formula is C16H27N. The van der Waals surface area contributed by atoms with Crippen molar-refractivity contribution >= 4 is 0 Å². The first-order chi connectivity index (χ1) is 8.13. The van der Waals surface area contributed by atoms with Crippen molar-refractivity contribution < 1.29 is 0 Å². The number of rotatable bonds is 7. The molecule has 0 fully saturated rings. The van der Waals surface area contributed by atoms with Gasteiger partial charge in [-0.3, -0.25) is 0 Å². The van der Waals surface area contributed by atoms with E-state index in [2.05, 4.69) is 57.3 Å². The molecule has 0 saturated heterocycles. The Labute approximate surface area is 107 Å². The summed E-state index contributed by atoms with van der Waals surface area (Å²) in [6, 6.07) is 9.01. The first-order valence-electron chi connectivity index (χ1n) is 6.93. The third-order valence-electron chi connectivity index (χ3n) is 3.24. The molecule has 1 N–H and O–H groups in total. The van der Waals surface area contributed by atoms with E-state index in [-0.39, 0.29) is 0 Å². The maximum Gasteiger partial charge on any atom is -0.00258 e. The molecule has 1 aromatic rings. The Hall–Kier alpha value is -0.820. The SMILES string of the molecule is CCc1cccc(C(C)CCNCC(C)C)c1. The number of aryl methyl sites for hydroxylation is 1. The molecule has 0 amide bonds. The lowest BCUT2D eigenvalue weighted by atomic mass is 9.95. The first kappa shape index (κ1) is 14.2. The molecule has 0 spiro atoms. The van der Waals surface area contributed by atoms with Crippen LogP contribution < -0.4 is 5.32 Å². The second kappa shape index (κ2) is 7.50. The highest BCUT2D eigenvalue weighted by Crippen LogP contribution is 2.19. The minimum Gasteiger partial charge on any atom is -0.316 e. The van der Waals surface area contributed by atoms with Crippen molar-refractivity contribution in [1.82, 2.24) is 5.32 Å². The van der Waals surface area contributed by atoms with Crippen LogP contribution in [0.2, 0.25) is 0 Å². The molecule has 1 unspecified atom stereocenters. The van der Waals surface area contributed by atoms with Crippen LogP contribution in [0.5, 0.6) is 0 Å². The molecule has 0 radical (unpaired) electrons. The van der Waals surface area contributed by atoms with E-state index in [1.807, 2.05) is 0 Å².